The van der Waals surface area contributed by atoms with Crippen molar-refractivity contribution in [3.05, 3.63) is 41.5 Å². The van der Waals surface area contributed by atoms with Crippen molar-refractivity contribution in [2.24, 2.45) is 0 Å². The molecule has 5 heteroatoms. The minimum atomic E-state index is -0.269. The molecular formula is C15H19FN4. The number of rotatable bonds is 5. The van der Waals surface area contributed by atoms with Gasteiger partial charge in [0.25, 0.3) is 0 Å². The monoisotopic (exact) mass is 274 g/mol. The first-order valence-electron chi connectivity index (χ1n) is 6.70. The van der Waals surface area contributed by atoms with Crippen LogP contribution in [0.2, 0.25) is 0 Å². The Morgan fingerprint density at radius 2 is 1.90 bits per heavy atom. The van der Waals surface area contributed by atoms with Gasteiger partial charge in [0.1, 0.15) is 23.8 Å². The maximum Gasteiger partial charge on any atom is 0.138 e. The summed E-state index contributed by atoms with van der Waals surface area (Å²) in [5.41, 5.74) is 2.60. The third-order valence-electron chi connectivity index (χ3n) is 3.08. The molecule has 0 unspecified atom stereocenters. The van der Waals surface area contributed by atoms with Crippen LogP contribution in [-0.4, -0.2) is 16.5 Å². The molecule has 4 nitrogen and oxygen atoms in total. The zero-order chi connectivity index (χ0) is 14.5. The summed E-state index contributed by atoms with van der Waals surface area (Å²) >= 11 is 0. The Balaban J connectivity index is 2.27. The van der Waals surface area contributed by atoms with E-state index in [1.807, 2.05) is 13.8 Å². The normalized spacial score (nSPS) is 10.4. The van der Waals surface area contributed by atoms with Gasteiger partial charge in [0.15, 0.2) is 0 Å². The quantitative estimate of drug-likeness (QED) is 0.870. The first-order chi connectivity index (χ1) is 9.61. The summed E-state index contributed by atoms with van der Waals surface area (Å²) in [5.74, 6) is 1.22. The topological polar surface area (TPSA) is 49.8 Å². The van der Waals surface area contributed by atoms with Gasteiger partial charge in [-0.15, -0.1) is 0 Å². The Morgan fingerprint density at radius 1 is 1.15 bits per heavy atom. The van der Waals surface area contributed by atoms with Crippen molar-refractivity contribution >= 4 is 17.3 Å². The summed E-state index contributed by atoms with van der Waals surface area (Å²) in [4.78, 5) is 8.45. The molecular weight excluding hydrogens is 255 g/mol. The van der Waals surface area contributed by atoms with Crippen molar-refractivity contribution in [2.75, 3.05) is 17.2 Å². The van der Waals surface area contributed by atoms with E-state index in [9.17, 15) is 4.39 Å². The Labute approximate surface area is 118 Å². The zero-order valence-electron chi connectivity index (χ0n) is 12.0. The highest BCUT2D eigenvalue weighted by atomic mass is 19.1. The zero-order valence-corrected chi connectivity index (χ0v) is 12.0. The van der Waals surface area contributed by atoms with Crippen molar-refractivity contribution in [1.82, 2.24) is 9.97 Å². The van der Waals surface area contributed by atoms with Crippen LogP contribution in [0.25, 0.3) is 0 Å². The largest absolute Gasteiger partial charge is 0.370 e. The van der Waals surface area contributed by atoms with Crippen LogP contribution in [0.4, 0.5) is 21.7 Å². The van der Waals surface area contributed by atoms with Gasteiger partial charge in [0.2, 0.25) is 0 Å². The van der Waals surface area contributed by atoms with E-state index in [-0.39, 0.29) is 5.82 Å². The molecule has 0 spiro atoms. The minimum Gasteiger partial charge on any atom is -0.370 e. The number of halogens is 1. The Morgan fingerprint density at radius 3 is 2.65 bits per heavy atom. The predicted octanol–water partition coefficient (Wildman–Crippen LogP) is 3.80. The van der Waals surface area contributed by atoms with Gasteiger partial charge in [0, 0.05) is 17.8 Å². The lowest BCUT2D eigenvalue weighted by Crippen LogP contribution is -2.07. The van der Waals surface area contributed by atoms with E-state index in [1.165, 1.54) is 18.5 Å². The van der Waals surface area contributed by atoms with Crippen LogP contribution in [0, 0.1) is 19.7 Å². The standard InChI is InChI=1S/C15H19FN4/c1-4-7-17-14-11(3)15(19-9-18-14)20-13-8-12(16)6-5-10(13)2/h5-6,8-9H,4,7H2,1-3H3,(H2,17,18,19,20). The van der Waals surface area contributed by atoms with Gasteiger partial charge in [-0.3, -0.25) is 0 Å². The van der Waals surface area contributed by atoms with Gasteiger partial charge in [-0.1, -0.05) is 13.0 Å². The van der Waals surface area contributed by atoms with Gasteiger partial charge in [-0.05, 0) is 38.0 Å². The average molecular weight is 274 g/mol. The summed E-state index contributed by atoms with van der Waals surface area (Å²) in [5, 5.41) is 6.42. The number of hydrogen-bond donors (Lipinski definition) is 2. The number of hydrogen-bond acceptors (Lipinski definition) is 4. The molecule has 1 aromatic carbocycles. The summed E-state index contributed by atoms with van der Waals surface area (Å²) in [7, 11) is 0. The van der Waals surface area contributed by atoms with Gasteiger partial charge in [-0.25, -0.2) is 14.4 Å². The molecule has 2 rings (SSSR count). The van der Waals surface area contributed by atoms with Crippen LogP contribution in [0.1, 0.15) is 24.5 Å². The highest BCUT2D eigenvalue weighted by molar-refractivity contribution is 5.66. The molecule has 0 bridgehead atoms. The van der Waals surface area contributed by atoms with Gasteiger partial charge in [0.05, 0.1) is 0 Å². The second kappa shape index (κ2) is 6.32. The van der Waals surface area contributed by atoms with Gasteiger partial charge in [-0.2, -0.15) is 0 Å². The lowest BCUT2D eigenvalue weighted by molar-refractivity contribution is 0.628. The SMILES string of the molecule is CCCNc1ncnc(Nc2cc(F)ccc2C)c1C. The van der Waals surface area contributed by atoms with Crippen LogP contribution in [0.5, 0.6) is 0 Å². The number of nitrogens with zero attached hydrogens (tertiary/aromatic N) is 2. The van der Waals surface area contributed by atoms with Crippen LogP contribution < -0.4 is 10.6 Å². The lowest BCUT2D eigenvalue weighted by Gasteiger charge is -2.13. The van der Waals surface area contributed by atoms with E-state index in [1.54, 1.807) is 6.07 Å². The van der Waals surface area contributed by atoms with Crippen LogP contribution in [-0.2, 0) is 0 Å². The molecule has 0 fully saturated rings. The molecule has 0 aliphatic rings. The van der Waals surface area contributed by atoms with Crippen molar-refractivity contribution in [1.29, 1.82) is 0 Å². The highest BCUT2D eigenvalue weighted by Gasteiger charge is 2.08. The maximum atomic E-state index is 13.3. The third kappa shape index (κ3) is 3.23. The highest BCUT2D eigenvalue weighted by Crippen LogP contribution is 2.24. The van der Waals surface area contributed by atoms with E-state index in [4.69, 9.17) is 0 Å². The fourth-order valence-electron chi connectivity index (χ4n) is 1.85. The van der Waals surface area contributed by atoms with Crippen molar-refractivity contribution in [3.63, 3.8) is 0 Å². The number of anilines is 3. The molecule has 0 saturated heterocycles. The molecule has 0 aliphatic carbocycles. The first kappa shape index (κ1) is 14.2. The second-order valence-corrected chi connectivity index (χ2v) is 4.71. The summed E-state index contributed by atoms with van der Waals surface area (Å²) in [6.45, 7) is 6.82. The van der Waals surface area contributed by atoms with Gasteiger partial charge >= 0.3 is 0 Å². The van der Waals surface area contributed by atoms with E-state index >= 15 is 0 Å². The smallest absolute Gasteiger partial charge is 0.138 e. The number of benzene rings is 1. The summed E-state index contributed by atoms with van der Waals surface area (Å²) < 4.78 is 13.3. The molecule has 0 aliphatic heterocycles. The Bertz CT molecular complexity index is 598. The first-order valence-corrected chi connectivity index (χ1v) is 6.70. The molecule has 106 valence electrons. The number of aryl methyl sites for hydroxylation is 1. The molecule has 1 heterocycles. The molecule has 2 aromatic rings. The second-order valence-electron chi connectivity index (χ2n) is 4.71. The Hall–Kier alpha value is -2.17. The van der Waals surface area contributed by atoms with Crippen molar-refractivity contribution in [2.45, 2.75) is 27.2 Å². The number of aromatic nitrogens is 2. The molecule has 0 amide bonds. The fraction of sp³-hybridized carbons (Fsp3) is 0.333. The van der Waals surface area contributed by atoms with Gasteiger partial charge < -0.3 is 10.6 Å². The molecule has 1 aromatic heterocycles. The van der Waals surface area contributed by atoms with E-state index < -0.39 is 0 Å². The molecule has 20 heavy (non-hydrogen) atoms. The number of nitrogens with one attached hydrogen (secondary N) is 2. The van der Waals surface area contributed by atoms with Crippen LogP contribution in [0.3, 0.4) is 0 Å². The summed E-state index contributed by atoms with van der Waals surface area (Å²) in [6.07, 6.45) is 2.52. The van der Waals surface area contributed by atoms with E-state index in [0.717, 1.165) is 29.9 Å². The van der Waals surface area contributed by atoms with Crippen molar-refractivity contribution < 1.29 is 4.39 Å². The molecule has 0 radical (unpaired) electrons. The maximum absolute atomic E-state index is 13.3. The fourth-order valence-corrected chi connectivity index (χ4v) is 1.85. The minimum absolute atomic E-state index is 0.269. The van der Waals surface area contributed by atoms with Crippen molar-refractivity contribution in [3.8, 4) is 0 Å². The van der Waals surface area contributed by atoms with E-state index in [0.29, 0.717) is 11.5 Å². The average Bonchev–Trinajstić information content (AvgIpc) is 2.44. The Kier molecular flexibility index (Phi) is 4.50. The summed E-state index contributed by atoms with van der Waals surface area (Å²) in [6, 6.07) is 4.65. The van der Waals surface area contributed by atoms with E-state index in [2.05, 4.69) is 27.5 Å². The van der Waals surface area contributed by atoms with Crippen LogP contribution >= 0.6 is 0 Å². The molecule has 0 atom stereocenters. The molecule has 2 N–H and O–H groups in total. The lowest BCUT2D eigenvalue weighted by atomic mass is 10.2. The predicted molar refractivity (Wildman–Crippen MR) is 80.0 cm³/mol. The molecule has 0 saturated carbocycles. The third-order valence-corrected chi connectivity index (χ3v) is 3.08. The van der Waals surface area contributed by atoms with Crippen LogP contribution in [0.15, 0.2) is 24.5 Å².